The van der Waals surface area contributed by atoms with Crippen molar-refractivity contribution < 1.29 is 45.4 Å². The summed E-state index contributed by atoms with van der Waals surface area (Å²) in [5, 5.41) is 9.61. The number of sulfonamides is 1. The number of phenols is 1. The van der Waals surface area contributed by atoms with Crippen LogP contribution in [0.2, 0.25) is 0 Å². The molecule has 8 nitrogen and oxygen atoms in total. The third kappa shape index (κ3) is 6.44. The van der Waals surface area contributed by atoms with E-state index in [1.165, 1.54) is 36.4 Å². The van der Waals surface area contributed by atoms with Crippen molar-refractivity contribution in [2.24, 2.45) is 0 Å². The van der Waals surface area contributed by atoms with Gasteiger partial charge in [0.25, 0.3) is 11.8 Å². The summed E-state index contributed by atoms with van der Waals surface area (Å²) >= 11 is 0. The lowest BCUT2D eigenvalue weighted by Crippen LogP contribution is -2.35. The molecule has 13 heteroatoms. The zero-order valence-electron chi connectivity index (χ0n) is 19.9. The second kappa shape index (κ2) is 10.9. The topological polar surface area (TPSA) is 113 Å². The molecule has 3 aromatic carbocycles. The van der Waals surface area contributed by atoms with E-state index in [2.05, 4.69) is 9.46 Å². The van der Waals surface area contributed by atoms with Gasteiger partial charge in [-0.15, -0.1) is 13.2 Å². The molecule has 0 unspecified atom stereocenters. The molecule has 204 valence electrons. The lowest BCUT2D eigenvalue weighted by atomic mass is 9.96. The van der Waals surface area contributed by atoms with Crippen molar-refractivity contribution >= 4 is 33.0 Å². The fourth-order valence-corrected chi connectivity index (χ4v) is 4.98. The van der Waals surface area contributed by atoms with Crippen LogP contribution in [0.1, 0.15) is 17.5 Å². The third-order valence-corrected chi connectivity index (χ3v) is 7.15. The standard InChI is InChI=1S/C26H20F4N2O6S/c27-18-6-2-16(3-7-18)22-23(17-4-8-19(33)9-5-17)25(35)32(24(22)34)15-1-14-31-39(36,37)21-12-10-20(11-13-21)38-26(28,29)30/h2-13,31,33H,1,14-15H2. The number of aromatic hydroxyl groups is 1. The first-order valence-corrected chi connectivity index (χ1v) is 12.9. The number of rotatable bonds is 9. The predicted molar refractivity (Wildman–Crippen MR) is 131 cm³/mol. The van der Waals surface area contributed by atoms with Crippen LogP contribution in [0.3, 0.4) is 0 Å². The lowest BCUT2D eigenvalue weighted by Gasteiger charge is -2.15. The SMILES string of the molecule is O=C1C(c2ccc(O)cc2)=C(c2ccc(F)cc2)C(=O)N1CCCNS(=O)(=O)c1ccc(OC(F)(F)F)cc1. The Morgan fingerprint density at radius 1 is 0.821 bits per heavy atom. The Kier molecular flexibility index (Phi) is 7.74. The maximum absolute atomic E-state index is 13.5. The van der Waals surface area contributed by atoms with Crippen LogP contribution in [0, 0.1) is 5.82 Å². The van der Waals surface area contributed by atoms with Crippen LogP contribution in [0.4, 0.5) is 17.6 Å². The minimum absolute atomic E-state index is 0.0194. The van der Waals surface area contributed by atoms with Crippen LogP contribution in [0.5, 0.6) is 11.5 Å². The monoisotopic (exact) mass is 564 g/mol. The summed E-state index contributed by atoms with van der Waals surface area (Å²) in [6.45, 7) is -0.356. The fraction of sp³-hybridized carbons (Fsp3) is 0.154. The minimum Gasteiger partial charge on any atom is -0.508 e. The third-order valence-electron chi connectivity index (χ3n) is 5.68. The van der Waals surface area contributed by atoms with Gasteiger partial charge >= 0.3 is 6.36 Å². The van der Waals surface area contributed by atoms with E-state index >= 15 is 0 Å². The van der Waals surface area contributed by atoms with Crippen LogP contribution >= 0.6 is 0 Å². The molecule has 1 aliphatic heterocycles. The van der Waals surface area contributed by atoms with Gasteiger partial charge in [-0.05, 0) is 66.1 Å². The molecular formula is C26H20F4N2O6S. The smallest absolute Gasteiger partial charge is 0.508 e. The lowest BCUT2D eigenvalue weighted by molar-refractivity contribution is -0.274. The first kappa shape index (κ1) is 27.8. The van der Waals surface area contributed by atoms with Gasteiger partial charge in [0.1, 0.15) is 17.3 Å². The van der Waals surface area contributed by atoms with Crippen molar-refractivity contribution in [3.05, 3.63) is 89.7 Å². The molecule has 0 saturated heterocycles. The number of halogens is 4. The largest absolute Gasteiger partial charge is 0.573 e. The average molecular weight is 565 g/mol. The summed E-state index contributed by atoms with van der Waals surface area (Å²) in [5.74, 6) is -2.47. The summed E-state index contributed by atoms with van der Waals surface area (Å²) in [7, 11) is -4.10. The number of nitrogens with zero attached hydrogens (tertiary/aromatic N) is 1. The molecule has 3 aromatic rings. The van der Waals surface area contributed by atoms with E-state index in [4.69, 9.17) is 0 Å². The molecule has 0 fully saturated rings. The van der Waals surface area contributed by atoms with E-state index in [1.54, 1.807) is 0 Å². The van der Waals surface area contributed by atoms with Crippen molar-refractivity contribution in [2.45, 2.75) is 17.7 Å². The Hall–Kier alpha value is -4.23. The Morgan fingerprint density at radius 3 is 1.85 bits per heavy atom. The highest BCUT2D eigenvalue weighted by Crippen LogP contribution is 2.36. The molecule has 1 heterocycles. The normalized spacial score (nSPS) is 14.3. The average Bonchev–Trinajstić information content (AvgIpc) is 3.11. The summed E-state index contributed by atoms with van der Waals surface area (Å²) in [6, 6.07) is 14.2. The van der Waals surface area contributed by atoms with Crippen LogP contribution < -0.4 is 9.46 Å². The van der Waals surface area contributed by atoms with Gasteiger partial charge in [-0.2, -0.15) is 0 Å². The summed E-state index contributed by atoms with van der Waals surface area (Å²) in [6.07, 6.45) is -4.90. The van der Waals surface area contributed by atoms with E-state index in [1.807, 2.05) is 0 Å². The van der Waals surface area contributed by atoms with E-state index < -0.39 is 39.8 Å². The number of carbonyl (C=O) groups is 2. The van der Waals surface area contributed by atoms with Gasteiger partial charge < -0.3 is 9.84 Å². The second-order valence-corrected chi connectivity index (χ2v) is 10.1. The number of nitrogens with one attached hydrogen (secondary N) is 1. The summed E-state index contributed by atoms with van der Waals surface area (Å²) in [4.78, 5) is 27.2. The van der Waals surface area contributed by atoms with E-state index in [-0.39, 0.29) is 41.3 Å². The van der Waals surface area contributed by atoms with Crippen molar-refractivity contribution in [2.75, 3.05) is 13.1 Å². The van der Waals surface area contributed by atoms with Crippen LogP contribution in [-0.4, -0.2) is 49.7 Å². The van der Waals surface area contributed by atoms with Gasteiger partial charge in [-0.3, -0.25) is 14.5 Å². The highest BCUT2D eigenvalue weighted by atomic mass is 32.2. The minimum atomic E-state index is -4.92. The Balaban J connectivity index is 1.46. The molecule has 2 amide bonds. The number of carbonyl (C=O) groups excluding carboxylic acids is 2. The molecule has 2 N–H and O–H groups in total. The first-order valence-electron chi connectivity index (χ1n) is 11.4. The number of hydrogen-bond acceptors (Lipinski definition) is 6. The highest BCUT2D eigenvalue weighted by molar-refractivity contribution is 7.89. The summed E-state index contributed by atoms with van der Waals surface area (Å²) < 4.78 is 81.4. The van der Waals surface area contributed by atoms with Crippen molar-refractivity contribution in [1.29, 1.82) is 0 Å². The molecule has 0 bridgehead atoms. The molecule has 0 aromatic heterocycles. The summed E-state index contributed by atoms with van der Waals surface area (Å²) in [5.41, 5.74) is 0.742. The Bertz CT molecular complexity index is 1450. The van der Waals surface area contributed by atoms with Crippen molar-refractivity contribution in [3.8, 4) is 11.5 Å². The Morgan fingerprint density at radius 2 is 1.33 bits per heavy atom. The van der Waals surface area contributed by atoms with Gasteiger partial charge in [0.2, 0.25) is 10.0 Å². The van der Waals surface area contributed by atoms with Gasteiger partial charge in [-0.25, -0.2) is 17.5 Å². The van der Waals surface area contributed by atoms with Gasteiger partial charge in [0.15, 0.2) is 0 Å². The number of amides is 2. The highest BCUT2D eigenvalue weighted by Gasteiger charge is 2.39. The maximum Gasteiger partial charge on any atom is 0.573 e. The maximum atomic E-state index is 13.5. The van der Waals surface area contributed by atoms with Crippen LogP contribution in [0.15, 0.2) is 77.7 Å². The van der Waals surface area contributed by atoms with E-state index in [9.17, 15) is 40.7 Å². The second-order valence-electron chi connectivity index (χ2n) is 8.34. The molecular weight excluding hydrogens is 544 g/mol. The predicted octanol–water partition coefficient (Wildman–Crippen LogP) is 4.08. The number of alkyl halides is 3. The van der Waals surface area contributed by atoms with Crippen LogP contribution in [-0.2, 0) is 19.6 Å². The van der Waals surface area contributed by atoms with Gasteiger partial charge in [-0.1, -0.05) is 24.3 Å². The number of hydrogen-bond donors (Lipinski definition) is 2. The molecule has 39 heavy (non-hydrogen) atoms. The number of ether oxygens (including phenoxy) is 1. The number of phenolic OH excluding ortho intramolecular Hbond substituents is 1. The molecule has 0 spiro atoms. The Labute approximate surface area is 220 Å². The molecule has 4 rings (SSSR count). The quantitative estimate of drug-likeness (QED) is 0.230. The molecule has 0 saturated carbocycles. The van der Waals surface area contributed by atoms with Crippen LogP contribution in [0.25, 0.3) is 11.1 Å². The molecule has 0 aliphatic carbocycles. The first-order chi connectivity index (χ1) is 18.4. The number of benzene rings is 3. The molecule has 0 atom stereocenters. The molecule has 0 radical (unpaired) electrons. The van der Waals surface area contributed by atoms with E-state index in [0.29, 0.717) is 11.1 Å². The van der Waals surface area contributed by atoms with Crippen molar-refractivity contribution in [1.82, 2.24) is 9.62 Å². The number of imide groups is 1. The van der Waals surface area contributed by atoms with E-state index in [0.717, 1.165) is 41.3 Å². The van der Waals surface area contributed by atoms with Gasteiger partial charge in [0.05, 0.1) is 16.0 Å². The molecule has 1 aliphatic rings. The fourth-order valence-electron chi connectivity index (χ4n) is 3.91. The zero-order chi connectivity index (χ0) is 28.4. The van der Waals surface area contributed by atoms with Crippen molar-refractivity contribution in [3.63, 3.8) is 0 Å². The van der Waals surface area contributed by atoms with Gasteiger partial charge in [0, 0.05) is 13.1 Å². The zero-order valence-corrected chi connectivity index (χ0v) is 20.7.